The lowest BCUT2D eigenvalue weighted by Gasteiger charge is -2.37. The van der Waals surface area contributed by atoms with E-state index >= 15 is 0 Å². The molecular weight excluding hydrogens is 386 g/mol. The molecule has 1 nitrogen and oxygen atoms in total. The summed E-state index contributed by atoms with van der Waals surface area (Å²) in [5.41, 5.74) is 3.07. The fraction of sp³-hybridized carbons (Fsp3) is 0.290. The van der Waals surface area contributed by atoms with Gasteiger partial charge in [0.2, 0.25) is 0 Å². The lowest BCUT2D eigenvalue weighted by Crippen LogP contribution is -2.43. The molecule has 4 rings (SSSR count). The zero-order valence-corrected chi connectivity index (χ0v) is 18.8. The Morgan fingerprint density at radius 1 is 0.562 bits per heavy atom. The predicted molar refractivity (Wildman–Crippen MR) is 134 cm³/mol. The highest BCUT2D eigenvalue weighted by atomic mass is 15.2. The number of rotatable bonds is 6. The van der Waals surface area contributed by atoms with E-state index in [1.54, 1.807) is 0 Å². The van der Waals surface area contributed by atoms with E-state index in [4.69, 9.17) is 0 Å². The molecule has 0 spiro atoms. The number of hydrogen-bond donors (Lipinski definition) is 0. The monoisotopic (exact) mass is 417 g/mol. The first kappa shape index (κ1) is 22.0. The molecule has 0 bridgehead atoms. The minimum Gasteiger partial charge on any atom is -0.265 e. The summed E-state index contributed by atoms with van der Waals surface area (Å²) in [4.78, 5) is 2.46. The smallest absolute Gasteiger partial charge is 0.171 e. The summed E-state index contributed by atoms with van der Waals surface area (Å²) in [6.45, 7) is 1.57. The summed E-state index contributed by atoms with van der Waals surface area (Å²) < 4.78 is 0. The second-order valence-electron chi connectivity index (χ2n) is 8.42. The Morgan fingerprint density at radius 2 is 1.00 bits per heavy atom. The first-order valence-corrected chi connectivity index (χ1v) is 11.8. The van der Waals surface area contributed by atoms with E-state index in [1.807, 2.05) is 0 Å². The molecule has 0 radical (unpaired) electrons. The van der Waals surface area contributed by atoms with Crippen LogP contribution in [0.1, 0.15) is 55.2 Å². The van der Waals surface area contributed by atoms with Crippen molar-refractivity contribution in [1.29, 1.82) is 0 Å². The topological polar surface area (TPSA) is 3.24 Å². The lowest BCUT2D eigenvalue weighted by molar-refractivity contribution is 0.167. The molecule has 0 saturated carbocycles. The van der Waals surface area contributed by atoms with Gasteiger partial charge in [-0.15, -0.1) is 0 Å². The molecule has 0 saturated heterocycles. The van der Waals surface area contributed by atoms with Crippen LogP contribution in [0.5, 0.6) is 0 Å². The molecule has 0 N–H and O–H groups in total. The Balaban J connectivity index is 1.85. The van der Waals surface area contributed by atoms with Crippen molar-refractivity contribution in [3.05, 3.63) is 108 Å². The minimum atomic E-state index is -0.642. The number of hydrogen-bond acceptors (Lipinski definition) is 1. The third kappa shape index (κ3) is 5.70. The summed E-state index contributed by atoms with van der Waals surface area (Å²) in [5, 5.41) is 0. The van der Waals surface area contributed by atoms with Crippen molar-refractivity contribution in [2.45, 2.75) is 57.2 Å². The summed E-state index contributed by atoms with van der Waals surface area (Å²) in [6, 6.07) is 32.0. The first-order valence-electron chi connectivity index (χ1n) is 11.8. The molecule has 0 aromatic heterocycles. The largest absolute Gasteiger partial charge is 0.265 e. The Morgan fingerprint density at radius 3 is 1.47 bits per heavy atom. The van der Waals surface area contributed by atoms with Crippen LogP contribution in [0, 0.1) is 23.7 Å². The second-order valence-corrected chi connectivity index (χ2v) is 8.42. The van der Waals surface area contributed by atoms with E-state index in [2.05, 4.69) is 120 Å². The Bertz CT molecular complexity index is 1010. The van der Waals surface area contributed by atoms with Gasteiger partial charge in [-0.1, -0.05) is 128 Å². The van der Waals surface area contributed by atoms with Crippen LogP contribution < -0.4 is 0 Å². The standard InChI is InChI=1S/C31H31N/c1-2-4-6-17-25-31(24-16-5-3-1,30-22-14-9-15-23-30)32(26-28-18-10-7-11-19-28)27-29-20-12-8-13-21-29/h7-15,18-23H,1-6,26-27H2. The SMILES string of the molecule is C1#CC(c2ccccc2)(N(Cc2ccccc2)Cc2ccccc2)C#CCCCCCC1. The van der Waals surface area contributed by atoms with Crippen LogP contribution in [0.3, 0.4) is 0 Å². The molecule has 0 aliphatic heterocycles. The normalized spacial score (nSPS) is 15.5. The Labute approximate surface area is 193 Å². The van der Waals surface area contributed by atoms with Crippen molar-refractivity contribution in [3.8, 4) is 23.7 Å². The van der Waals surface area contributed by atoms with Crippen molar-refractivity contribution in [2.75, 3.05) is 0 Å². The summed E-state index contributed by atoms with van der Waals surface area (Å²) in [5.74, 6) is 14.4. The average Bonchev–Trinajstić information content (AvgIpc) is 2.91. The van der Waals surface area contributed by atoms with E-state index in [1.165, 1.54) is 24.0 Å². The molecule has 0 amide bonds. The molecule has 0 heterocycles. The third-order valence-corrected chi connectivity index (χ3v) is 5.99. The number of benzene rings is 3. The van der Waals surface area contributed by atoms with E-state index in [0.29, 0.717) is 0 Å². The van der Waals surface area contributed by atoms with Crippen molar-refractivity contribution >= 4 is 0 Å². The fourth-order valence-corrected chi connectivity index (χ4v) is 4.26. The van der Waals surface area contributed by atoms with Gasteiger partial charge in [0, 0.05) is 25.9 Å². The van der Waals surface area contributed by atoms with Gasteiger partial charge in [0.1, 0.15) is 0 Å². The van der Waals surface area contributed by atoms with Crippen molar-refractivity contribution in [3.63, 3.8) is 0 Å². The molecule has 1 aliphatic rings. The van der Waals surface area contributed by atoms with Gasteiger partial charge in [-0.05, 0) is 29.5 Å². The lowest BCUT2D eigenvalue weighted by atomic mass is 9.87. The van der Waals surface area contributed by atoms with Gasteiger partial charge >= 0.3 is 0 Å². The highest BCUT2D eigenvalue weighted by Gasteiger charge is 2.36. The minimum absolute atomic E-state index is 0.642. The van der Waals surface area contributed by atoms with Crippen molar-refractivity contribution in [1.82, 2.24) is 4.90 Å². The van der Waals surface area contributed by atoms with Crippen LogP contribution in [-0.4, -0.2) is 4.90 Å². The van der Waals surface area contributed by atoms with E-state index < -0.39 is 5.54 Å². The molecule has 3 aromatic rings. The fourth-order valence-electron chi connectivity index (χ4n) is 4.26. The molecular formula is C31H31N. The predicted octanol–water partition coefficient (Wildman–Crippen LogP) is 6.95. The zero-order valence-electron chi connectivity index (χ0n) is 18.8. The summed E-state index contributed by atoms with van der Waals surface area (Å²) >= 11 is 0. The maximum atomic E-state index is 3.69. The van der Waals surface area contributed by atoms with Gasteiger partial charge in [0.15, 0.2) is 5.54 Å². The maximum absolute atomic E-state index is 3.69. The van der Waals surface area contributed by atoms with Crippen LogP contribution in [0.4, 0.5) is 0 Å². The quantitative estimate of drug-likeness (QED) is 0.392. The molecule has 1 heteroatoms. The van der Waals surface area contributed by atoms with Crippen LogP contribution in [0.15, 0.2) is 91.0 Å². The average molecular weight is 418 g/mol. The van der Waals surface area contributed by atoms with Crippen molar-refractivity contribution < 1.29 is 0 Å². The van der Waals surface area contributed by atoms with Crippen LogP contribution >= 0.6 is 0 Å². The van der Waals surface area contributed by atoms with Gasteiger partial charge in [0.25, 0.3) is 0 Å². The zero-order chi connectivity index (χ0) is 21.9. The van der Waals surface area contributed by atoms with Crippen molar-refractivity contribution in [2.24, 2.45) is 0 Å². The molecule has 0 unspecified atom stereocenters. The third-order valence-electron chi connectivity index (χ3n) is 5.99. The van der Waals surface area contributed by atoms with Gasteiger partial charge in [-0.2, -0.15) is 0 Å². The van der Waals surface area contributed by atoms with Crippen LogP contribution in [0.2, 0.25) is 0 Å². The van der Waals surface area contributed by atoms with Gasteiger partial charge in [-0.25, -0.2) is 0 Å². The molecule has 0 fully saturated rings. The Kier molecular flexibility index (Phi) is 7.81. The number of nitrogens with zero attached hydrogens (tertiary/aromatic N) is 1. The summed E-state index contributed by atoms with van der Waals surface area (Å²) in [7, 11) is 0. The first-order chi connectivity index (χ1) is 15.9. The second kappa shape index (κ2) is 11.4. The maximum Gasteiger partial charge on any atom is 0.171 e. The van der Waals surface area contributed by atoms with E-state index in [9.17, 15) is 0 Å². The van der Waals surface area contributed by atoms with Gasteiger partial charge < -0.3 is 0 Å². The van der Waals surface area contributed by atoms with Crippen LogP contribution in [0.25, 0.3) is 0 Å². The molecule has 1 aliphatic carbocycles. The Hall–Kier alpha value is -3.26. The highest BCUT2D eigenvalue weighted by Crippen LogP contribution is 2.32. The summed E-state index contributed by atoms with van der Waals surface area (Å²) in [6.07, 6.45) is 6.67. The molecule has 160 valence electrons. The molecule has 3 aromatic carbocycles. The van der Waals surface area contributed by atoms with E-state index in [-0.39, 0.29) is 0 Å². The van der Waals surface area contributed by atoms with Gasteiger partial charge in [-0.3, -0.25) is 4.90 Å². The molecule has 32 heavy (non-hydrogen) atoms. The van der Waals surface area contributed by atoms with Gasteiger partial charge in [0.05, 0.1) is 0 Å². The van der Waals surface area contributed by atoms with Crippen LogP contribution in [-0.2, 0) is 18.6 Å². The molecule has 0 atom stereocenters. The highest BCUT2D eigenvalue weighted by molar-refractivity contribution is 5.45. The van der Waals surface area contributed by atoms with E-state index in [0.717, 1.165) is 44.3 Å².